The molecule has 6 heteroatoms. The molecule has 2 amide bonds. The third-order valence-electron chi connectivity index (χ3n) is 2.72. The summed E-state index contributed by atoms with van der Waals surface area (Å²) in [7, 11) is 0. The highest BCUT2D eigenvalue weighted by molar-refractivity contribution is 6.19. The third kappa shape index (κ3) is 3.57. The minimum Gasteiger partial charge on any atom is -0.377 e. The van der Waals surface area contributed by atoms with Gasteiger partial charge >= 0.3 is 0 Å². The maximum Gasteiger partial charge on any atom is 0.245 e. The second-order valence-electron chi connectivity index (χ2n) is 4.07. The van der Waals surface area contributed by atoms with Crippen LogP contribution in [0.4, 0.5) is 0 Å². The molecule has 0 radical (unpaired) electrons. The zero-order valence-electron chi connectivity index (χ0n) is 10.2. The minimum atomic E-state index is -0.526. The molecular formula is C11H19ClN2O3. The fraction of sp³-hybridized carbons (Fsp3) is 0.818. The van der Waals surface area contributed by atoms with Gasteiger partial charge in [0.25, 0.3) is 0 Å². The van der Waals surface area contributed by atoms with Crippen molar-refractivity contribution in [2.75, 3.05) is 32.2 Å². The van der Waals surface area contributed by atoms with Crippen LogP contribution >= 0.6 is 11.6 Å². The van der Waals surface area contributed by atoms with Crippen molar-refractivity contribution in [2.24, 2.45) is 5.92 Å². The summed E-state index contributed by atoms with van der Waals surface area (Å²) in [5.74, 6) is -0.258. The van der Waals surface area contributed by atoms with Crippen molar-refractivity contribution in [3.05, 3.63) is 0 Å². The SMILES string of the molecule is CCNC(=O)C1COCCN1C(=O)C(C)CCl. The van der Waals surface area contributed by atoms with Gasteiger partial charge in [0.05, 0.1) is 13.2 Å². The molecule has 0 aromatic carbocycles. The predicted octanol–water partition coefficient (Wildman–Crippen LogP) is 0.225. The van der Waals surface area contributed by atoms with Gasteiger partial charge in [-0.3, -0.25) is 9.59 Å². The lowest BCUT2D eigenvalue weighted by Gasteiger charge is -2.35. The molecule has 1 aliphatic heterocycles. The third-order valence-corrected chi connectivity index (χ3v) is 3.18. The monoisotopic (exact) mass is 262 g/mol. The first-order valence-corrected chi connectivity index (χ1v) is 6.37. The van der Waals surface area contributed by atoms with Crippen molar-refractivity contribution in [1.29, 1.82) is 0 Å². The standard InChI is InChI=1S/C11H19ClN2O3/c1-3-13-10(15)9-7-17-5-4-14(9)11(16)8(2)6-12/h8-9H,3-7H2,1-2H3,(H,13,15). The average molecular weight is 263 g/mol. The van der Waals surface area contributed by atoms with Gasteiger partial charge in [0.1, 0.15) is 6.04 Å². The van der Waals surface area contributed by atoms with Gasteiger partial charge in [-0.05, 0) is 6.92 Å². The number of morpholine rings is 1. The Kier molecular flexibility index (Phi) is 5.71. The highest BCUT2D eigenvalue weighted by Crippen LogP contribution is 2.13. The van der Waals surface area contributed by atoms with E-state index in [9.17, 15) is 9.59 Å². The molecule has 98 valence electrons. The molecule has 1 N–H and O–H groups in total. The van der Waals surface area contributed by atoms with Crippen LogP contribution in [0.5, 0.6) is 0 Å². The van der Waals surface area contributed by atoms with E-state index in [1.54, 1.807) is 11.8 Å². The number of halogens is 1. The molecule has 1 fully saturated rings. The maximum absolute atomic E-state index is 12.1. The normalized spacial score (nSPS) is 22.1. The summed E-state index contributed by atoms with van der Waals surface area (Å²) >= 11 is 5.68. The second-order valence-corrected chi connectivity index (χ2v) is 4.38. The highest BCUT2D eigenvalue weighted by Gasteiger charge is 2.34. The van der Waals surface area contributed by atoms with E-state index in [1.165, 1.54) is 0 Å². The van der Waals surface area contributed by atoms with Crippen LogP contribution in [0, 0.1) is 5.92 Å². The summed E-state index contributed by atoms with van der Waals surface area (Å²) in [5, 5.41) is 2.71. The second kappa shape index (κ2) is 6.81. The van der Waals surface area contributed by atoms with Gasteiger partial charge in [-0.2, -0.15) is 0 Å². The minimum absolute atomic E-state index is 0.0837. The molecule has 0 aliphatic carbocycles. The number of hydrogen-bond donors (Lipinski definition) is 1. The largest absolute Gasteiger partial charge is 0.377 e. The van der Waals surface area contributed by atoms with E-state index in [0.717, 1.165) is 0 Å². The Balaban J connectivity index is 2.71. The van der Waals surface area contributed by atoms with Crippen LogP contribution in [0.3, 0.4) is 0 Å². The van der Waals surface area contributed by atoms with Crippen molar-refractivity contribution < 1.29 is 14.3 Å². The van der Waals surface area contributed by atoms with Crippen molar-refractivity contribution in [2.45, 2.75) is 19.9 Å². The summed E-state index contributed by atoms with van der Waals surface area (Å²) in [6, 6.07) is -0.526. The number of nitrogens with one attached hydrogen (secondary N) is 1. The zero-order valence-corrected chi connectivity index (χ0v) is 11.0. The molecule has 1 saturated heterocycles. The Labute approximate surface area is 106 Å². The molecule has 0 aromatic rings. The number of carbonyl (C=O) groups excluding carboxylic acids is 2. The lowest BCUT2D eigenvalue weighted by Crippen LogP contribution is -2.57. The van der Waals surface area contributed by atoms with Crippen LogP contribution in [0.2, 0.25) is 0 Å². The predicted molar refractivity (Wildman–Crippen MR) is 64.9 cm³/mol. The van der Waals surface area contributed by atoms with Gasteiger partial charge in [0.15, 0.2) is 0 Å². The molecule has 2 atom stereocenters. The molecule has 0 spiro atoms. The molecule has 1 aliphatic rings. The van der Waals surface area contributed by atoms with Crippen LogP contribution in [-0.4, -0.2) is 54.9 Å². The van der Waals surface area contributed by atoms with E-state index >= 15 is 0 Å². The average Bonchev–Trinajstić information content (AvgIpc) is 2.37. The molecule has 1 rings (SSSR count). The van der Waals surface area contributed by atoms with E-state index in [2.05, 4.69) is 5.32 Å². The smallest absolute Gasteiger partial charge is 0.245 e. The number of nitrogens with zero attached hydrogens (tertiary/aromatic N) is 1. The van der Waals surface area contributed by atoms with E-state index in [-0.39, 0.29) is 30.2 Å². The molecule has 17 heavy (non-hydrogen) atoms. The number of ether oxygens (including phenoxy) is 1. The summed E-state index contributed by atoms with van der Waals surface area (Å²) in [4.78, 5) is 25.4. The quantitative estimate of drug-likeness (QED) is 0.738. The van der Waals surface area contributed by atoms with Crippen LogP contribution in [0.1, 0.15) is 13.8 Å². The number of hydrogen-bond acceptors (Lipinski definition) is 3. The molecular weight excluding hydrogens is 244 g/mol. The van der Waals surface area contributed by atoms with Gasteiger partial charge in [0, 0.05) is 24.9 Å². The Bertz CT molecular complexity index is 286. The highest BCUT2D eigenvalue weighted by atomic mass is 35.5. The van der Waals surface area contributed by atoms with E-state index in [0.29, 0.717) is 19.7 Å². The van der Waals surface area contributed by atoms with E-state index in [4.69, 9.17) is 16.3 Å². The van der Waals surface area contributed by atoms with Crippen LogP contribution in [0.15, 0.2) is 0 Å². The van der Waals surface area contributed by atoms with Crippen molar-refractivity contribution in [1.82, 2.24) is 10.2 Å². The number of rotatable bonds is 4. The lowest BCUT2D eigenvalue weighted by molar-refractivity contribution is -0.150. The fourth-order valence-electron chi connectivity index (χ4n) is 1.73. The van der Waals surface area contributed by atoms with Gasteiger partial charge < -0.3 is 15.0 Å². The van der Waals surface area contributed by atoms with E-state index in [1.807, 2.05) is 6.92 Å². The fourth-order valence-corrected chi connectivity index (χ4v) is 1.86. The summed E-state index contributed by atoms with van der Waals surface area (Å²) < 4.78 is 5.26. The van der Waals surface area contributed by atoms with Gasteiger partial charge in [-0.25, -0.2) is 0 Å². The molecule has 0 saturated carbocycles. The van der Waals surface area contributed by atoms with Gasteiger partial charge in [-0.15, -0.1) is 11.6 Å². The van der Waals surface area contributed by atoms with Crippen molar-refractivity contribution in [3.8, 4) is 0 Å². The Morgan fingerprint density at radius 1 is 1.59 bits per heavy atom. The van der Waals surface area contributed by atoms with E-state index < -0.39 is 6.04 Å². The zero-order chi connectivity index (χ0) is 12.8. The molecule has 2 unspecified atom stereocenters. The van der Waals surface area contributed by atoms with Crippen molar-refractivity contribution >= 4 is 23.4 Å². The van der Waals surface area contributed by atoms with Crippen LogP contribution < -0.4 is 5.32 Å². The summed E-state index contributed by atoms with van der Waals surface area (Å²) in [5.41, 5.74) is 0. The Morgan fingerprint density at radius 2 is 2.29 bits per heavy atom. The first-order valence-electron chi connectivity index (χ1n) is 5.83. The lowest BCUT2D eigenvalue weighted by atomic mass is 10.1. The number of alkyl halides is 1. The first kappa shape index (κ1) is 14.3. The molecule has 0 aromatic heterocycles. The summed E-state index contributed by atoms with van der Waals surface area (Å²) in [6.45, 7) is 5.32. The van der Waals surface area contributed by atoms with Gasteiger partial charge in [0.2, 0.25) is 11.8 Å². The number of amides is 2. The number of likely N-dealkylation sites (N-methyl/N-ethyl adjacent to an activating group) is 1. The van der Waals surface area contributed by atoms with Crippen LogP contribution in [-0.2, 0) is 14.3 Å². The topological polar surface area (TPSA) is 58.6 Å². The molecule has 1 heterocycles. The van der Waals surface area contributed by atoms with Gasteiger partial charge in [-0.1, -0.05) is 6.92 Å². The van der Waals surface area contributed by atoms with Crippen LogP contribution in [0.25, 0.3) is 0 Å². The summed E-state index contributed by atoms with van der Waals surface area (Å²) in [6.07, 6.45) is 0. The van der Waals surface area contributed by atoms with Crippen molar-refractivity contribution in [3.63, 3.8) is 0 Å². The maximum atomic E-state index is 12.1. The Morgan fingerprint density at radius 3 is 2.88 bits per heavy atom. The first-order chi connectivity index (χ1) is 8.11. The number of carbonyl (C=O) groups is 2. The Hall–Kier alpha value is -0.810. The molecule has 5 nitrogen and oxygen atoms in total. The molecule has 0 bridgehead atoms.